The number of benzene rings is 1. The van der Waals surface area contributed by atoms with Gasteiger partial charge in [-0.05, 0) is 26.0 Å². The van der Waals surface area contributed by atoms with Gasteiger partial charge in [0.1, 0.15) is 11.8 Å². The minimum atomic E-state index is -3.98. The standard InChI is InChI=1S/C13H13NO4S/c1-4-12-10(3)18-13(15)14(12)19(16,17)11-7-5-9(2)6-8-11/h5-8,10H,1H2,2-3H3. The van der Waals surface area contributed by atoms with Crippen LogP contribution in [-0.2, 0) is 14.8 Å². The number of ether oxygens (including phenoxy) is 1. The van der Waals surface area contributed by atoms with Crippen LogP contribution in [0.1, 0.15) is 12.5 Å². The molecule has 1 amide bonds. The molecule has 1 atom stereocenters. The Hall–Kier alpha value is -2.04. The molecule has 1 aromatic carbocycles. The van der Waals surface area contributed by atoms with E-state index < -0.39 is 22.2 Å². The van der Waals surface area contributed by atoms with Crippen molar-refractivity contribution in [2.24, 2.45) is 0 Å². The second kappa shape index (κ2) is 4.57. The molecular formula is C13H13NO4S. The normalized spacial score (nSPS) is 19.3. The Kier molecular flexibility index (Phi) is 3.22. The van der Waals surface area contributed by atoms with E-state index in [9.17, 15) is 13.2 Å². The van der Waals surface area contributed by atoms with E-state index in [0.29, 0.717) is 4.31 Å². The first-order valence-corrected chi connectivity index (χ1v) is 7.04. The minimum absolute atomic E-state index is 0.0249. The first-order valence-electron chi connectivity index (χ1n) is 5.60. The van der Waals surface area contributed by atoms with Crippen molar-refractivity contribution in [1.29, 1.82) is 0 Å². The summed E-state index contributed by atoms with van der Waals surface area (Å²) in [5.74, 6) is 0. The van der Waals surface area contributed by atoms with Gasteiger partial charge in [0.05, 0.1) is 4.90 Å². The van der Waals surface area contributed by atoms with Crippen molar-refractivity contribution in [3.63, 3.8) is 0 Å². The van der Waals surface area contributed by atoms with Crippen LogP contribution in [0.2, 0.25) is 0 Å². The van der Waals surface area contributed by atoms with E-state index in [1.807, 2.05) is 6.92 Å². The zero-order chi connectivity index (χ0) is 14.2. The molecule has 6 heteroatoms. The van der Waals surface area contributed by atoms with Crippen LogP contribution in [0.4, 0.5) is 4.79 Å². The van der Waals surface area contributed by atoms with E-state index in [1.165, 1.54) is 12.1 Å². The molecule has 2 rings (SSSR count). The molecule has 0 bridgehead atoms. The van der Waals surface area contributed by atoms with E-state index in [4.69, 9.17) is 4.74 Å². The number of nitrogens with zero attached hydrogens (tertiary/aromatic N) is 1. The molecule has 0 aromatic heterocycles. The number of carbonyl (C=O) groups excluding carboxylic acids is 1. The van der Waals surface area contributed by atoms with Gasteiger partial charge in [0.2, 0.25) is 0 Å². The van der Waals surface area contributed by atoms with Crippen molar-refractivity contribution >= 4 is 16.1 Å². The van der Waals surface area contributed by atoms with Crippen LogP contribution >= 0.6 is 0 Å². The molecule has 1 unspecified atom stereocenters. The third kappa shape index (κ3) is 2.16. The van der Waals surface area contributed by atoms with Gasteiger partial charge in [0.15, 0.2) is 0 Å². The van der Waals surface area contributed by atoms with Crippen LogP contribution < -0.4 is 0 Å². The van der Waals surface area contributed by atoms with Crippen LogP contribution in [0.15, 0.2) is 47.2 Å². The molecule has 1 aliphatic rings. The van der Waals surface area contributed by atoms with E-state index in [1.54, 1.807) is 19.1 Å². The van der Waals surface area contributed by atoms with Gasteiger partial charge in [-0.3, -0.25) is 0 Å². The number of aryl methyl sites for hydroxylation is 1. The summed E-state index contributed by atoms with van der Waals surface area (Å²) in [5.41, 5.74) is 3.48. The molecule has 1 saturated heterocycles. The fourth-order valence-electron chi connectivity index (χ4n) is 1.78. The van der Waals surface area contributed by atoms with Crippen LogP contribution in [-0.4, -0.2) is 24.9 Å². The Morgan fingerprint density at radius 1 is 1.32 bits per heavy atom. The first-order chi connectivity index (χ1) is 8.87. The Morgan fingerprint density at radius 2 is 1.89 bits per heavy atom. The predicted octanol–water partition coefficient (Wildman–Crippen LogP) is 2.19. The van der Waals surface area contributed by atoms with Crippen molar-refractivity contribution in [2.75, 3.05) is 0 Å². The maximum absolute atomic E-state index is 12.4. The van der Waals surface area contributed by atoms with E-state index in [-0.39, 0.29) is 10.6 Å². The summed E-state index contributed by atoms with van der Waals surface area (Å²) in [4.78, 5) is 11.7. The number of carbonyl (C=O) groups is 1. The smallest absolute Gasteiger partial charge is 0.429 e. The highest BCUT2D eigenvalue weighted by Gasteiger charge is 2.43. The molecule has 0 saturated carbocycles. The molecule has 1 aromatic rings. The average Bonchev–Trinajstić information content (AvgIpc) is 2.64. The van der Waals surface area contributed by atoms with Crippen molar-refractivity contribution in [3.8, 4) is 0 Å². The summed E-state index contributed by atoms with van der Waals surface area (Å²) in [6.45, 7) is 6.81. The van der Waals surface area contributed by atoms with E-state index in [2.05, 4.69) is 12.3 Å². The summed E-state index contributed by atoms with van der Waals surface area (Å²) in [6, 6.07) is 6.22. The molecular weight excluding hydrogens is 266 g/mol. The Bertz CT molecular complexity index is 669. The lowest BCUT2D eigenvalue weighted by Crippen LogP contribution is -2.30. The molecule has 0 N–H and O–H groups in total. The summed E-state index contributed by atoms with van der Waals surface area (Å²) >= 11 is 0. The molecule has 5 nitrogen and oxygen atoms in total. The number of sulfonamides is 1. The molecule has 19 heavy (non-hydrogen) atoms. The van der Waals surface area contributed by atoms with Gasteiger partial charge >= 0.3 is 6.09 Å². The summed E-state index contributed by atoms with van der Waals surface area (Å²) in [7, 11) is -3.98. The zero-order valence-corrected chi connectivity index (χ0v) is 11.4. The molecule has 1 heterocycles. The van der Waals surface area contributed by atoms with Gasteiger partial charge in [-0.2, -0.15) is 4.31 Å². The van der Waals surface area contributed by atoms with Crippen molar-refractivity contribution in [1.82, 2.24) is 4.31 Å². The highest BCUT2D eigenvalue weighted by Crippen LogP contribution is 2.29. The van der Waals surface area contributed by atoms with Crippen molar-refractivity contribution in [2.45, 2.75) is 24.8 Å². The Labute approximate surface area is 111 Å². The molecule has 0 radical (unpaired) electrons. The number of cyclic esters (lactones) is 1. The maximum atomic E-state index is 12.4. The quantitative estimate of drug-likeness (QED) is 0.778. The van der Waals surface area contributed by atoms with E-state index in [0.717, 1.165) is 5.56 Å². The lowest BCUT2D eigenvalue weighted by Gasteiger charge is -2.14. The average molecular weight is 279 g/mol. The summed E-state index contributed by atoms with van der Waals surface area (Å²) in [5, 5.41) is 0. The summed E-state index contributed by atoms with van der Waals surface area (Å²) < 4.78 is 30.3. The highest BCUT2D eigenvalue weighted by molar-refractivity contribution is 7.89. The Morgan fingerprint density at radius 3 is 2.42 bits per heavy atom. The Balaban J connectivity index is 2.53. The van der Waals surface area contributed by atoms with Crippen LogP contribution in [0.25, 0.3) is 0 Å². The van der Waals surface area contributed by atoms with Gasteiger partial charge in [0.25, 0.3) is 10.0 Å². The van der Waals surface area contributed by atoms with Crippen LogP contribution in [0.5, 0.6) is 0 Å². The molecule has 1 aliphatic heterocycles. The van der Waals surface area contributed by atoms with Crippen molar-refractivity contribution in [3.05, 3.63) is 47.8 Å². The molecule has 1 fully saturated rings. The number of amides is 1. The number of hydrogen-bond donors (Lipinski definition) is 0. The highest BCUT2D eigenvalue weighted by atomic mass is 32.2. The lowest BCUT2D eigenvalue weighted by molar-refractivity contribution is 0.146. The third-order valence-electron chi connectivity index (χ3n) is 2.79. The van der Waals surface area contributed by atoms with Gasteiger partial charge in [-0.25, -0.2) is 13.2 Å². The van der Waals surface area contributed by atoms with Gasteiger partial charge in [-0.1, -0.05) is 24.3 Å². The topological polar surface area (TPSA) is 63.7 Å². The van der Waals surface area contributed by atoms with E-state index >= 15 is 0 Å². The molecule has 0 aliphatic carbocycles. The second-order valence-corrected chi connectivity index (χ2v) is 5.96. The van der Waals surface area contributed by atoms with Crippen LogP contribution in [0, 0.1) is 6.92 Å². The lowest BCUT2D eigenvalue weighted by atomic mass is 10.2. The number of hydrogen-bond acceptors (Lipinski definition) is 4. The van der Waals surface area contributed by atoms with Gasteiger partial charge in [-0.15, -0.1) is 5.73 Å². The SMILES string of the molecule is C=C=C1C(C)OC(=O)N1S(=O)(=O)c1ccc(C)cc1. The maximum Gasteiger partial charge on any atom is 0.429 e. The number of rotatable bonds is 2. The van der Waals surface area contributed by atoms with Crippen LogP contribution in [0.3, 0.4) is 0 Å². The monoisotopic (exact) mass is 279 g/mol. The molecule has 100 valence electrons. The van der Waals surface area contributed by atoms with Gasteiger partial charge < -0.3 is 4.74 Å². The van der Waals surface area contributed by atoms with Gasteiger partial charge in [0, 0.05) is 0 Å². The fraction of sp³-hybridized carbons (Fsp3) is 0.231. The first kappa shape index (κ1) is 13.4. The summed E-state index contributed by atoms with van der Waals surface area (Å²) in [6.07, 6.45) is -1.61. The van der Waals surface area contributed by atoms with Crippen molar-refractivity contribution < 1.29 is 17.9 Å². The minimum Gasteiger partial charge on any atom is -0.438 e. The second-order valence-electron chi connectivity index (χ2n) is 4.17. The largest absolute Gasteiger partial charge is 0.438 e. The predicted molar refractivity (Wildman–Crippen MR) is 68.8 cm³/mol. The third-order valence-corrected chi connectivity index (χ3v) is 4.48. The zero-order valence-electron chi connectivity index (χ0n) is 10.6. The fourth-order valence-corrected chi connectivity index (χ4v) is 3.18. The molecule has 0 spiro atoms.